The Morgan fingerprint density at radius 2 is 2.05 bits per heavy atom. The monoisotopic (exact) mass is 343 g/mol. The molecule has 1 amide bonds. The van der Waals surface area contributed by atoms with E-state index < -0.39 is 0 Å². The minimum absolute atomic E-state index is 0.0886. The van der Waals surface area contributed by atoms with E-state index in [-0.39, 0.29) is 12.5 Å². The summed E-state index contributed by atoms with van der Waals surface area (Å²) in [6.07, 6.45) is 1.90. The van der Waals surface area contributed by atoms with Gasteiger partial charge in [0.15, 0.2) is 10.9 Å². The van der Waals surface area contributed by atoms with Gasteiger partial charge in [-0.1, -0.05) is 34.7 Å². The van der Waals surface area contributed by atoms with Crippen LogP contribution in [0.15, 0.2) is 16.5 Å². The Labute approximate surface area is 136 Å². The highest BCUT2D eigenvalue weighted by molar-refractivity contribution is 8.00. The van der Waals surface area contributed by atoms with E-state index in [9.17, 15) is 4.79 Å². The maximum absolute atomic E-state index is 11.8. The summed E-state index contributed by atoms with van der Waals surface area (Å²) in [5.74, 6) is 0.343. The van der Waals surface area contributed by atoms with Gasteiger partial charge in [-0.05, 0) is 43.4 Å². The van der Waals surface area contributed by atoms with Gasteiger partial charge < -0.3 is 4.74 Å². The standard InChI is InChI=1S/C13H14ClN3O2S2/c1-7-4-9(5-8(2)11(7)14)19-6-10(18)15-12-16-17-13(20-3)21-12/h4-5H,6H2,1-3H3,(H,15,16,18). The Kier molecular flexibility index (Phi) is 5.44. The SMILES string of the molecule is CSc1nnc(NC(=O)COc2cc(C)c(Cl)c(C)c2)s1. The van der Waals surface area contributed by atoms with Gasteiger partial charge in [0.2, 0.25) is 5.13 Å². The minimum atomic E-state index is -0.274. The minimum Gasteiger partial charge on any atom is -0.484 e. The molecule has 1 aromatic carbocycles. The Hall–Kier alpha value is -1.31. The van der Waals surface area contributed by atoms with Crippen molar-refractivity contribution in [3.8, 4) is 5.75 Å². The molecule has 0 unspecified atom stereocenters. The fourth-order valence-electron chi connectivity index (χ4n) is 1.64. The fourth-order valence-corrected chi connectivity index (χ4v) is 2.93. The average Bonchev–Trinajstić information content (AvgIpc) is 2.90. The molecule has 0 fully saturated rings. The van der Waals surface area contributed by atoms with Crippen molar-refractivity contribution in [3.05, 3.63) is 28.3 Å². The van der Waals surface area contributed by atoms with E-state index in [0.29, 0.717) is 15.9 Å². The second kappa shape index (κ2) is 7.11. The van der Waals surface area contributed by atoms with Gasteiger partial charge in [-0.3, -0.25) is 10.1 Å². The topological polar surface area (TPSA) is 64.1 Å². The van der Waals surface area contributed by atoms with Crippen molar-refractivity contribution < 1.29 is 9.53 Å². The number of anilines is 1. The van der Waals surface area contributed by atoms with Gasteiger partial charge in [0, 0.05) is 5.02 Å². The summed E-state index contributed by atoms with van der Waals surface area (Å²) in [7, 11) is 0. The maximum Gasteiger partial charge on any atom is 0.264 e. The van der Waals surface area contributed by atoms with E-state index in [1.807, 2.05) is 20.1 Å². The van der Waals surface area contributed by atoms with Crippen LogP contribution >= 0.6 is 34.7 Å². The number of nitrogens with one attached hydrogen (secondary N) is 1. The summed E-state index contributed by atoms with van der Waals surface area (Å²) in [4.78, 5) is 11.8. The lowest BCUT2D eigenvalue weighted by Crippen LogP contribution is -2.20. The number of hydrogen-bond donors (Lipinski definition) is 1. The van der Waals surface area contributed by atoms with Gasteiger partial charge in [-0.25, -0.2) is 0 Å². The van der Waals surface area contributed by atoms with E-state index in [1.54, 1.807) is 12.1 Å². The van der Waals surface area contributed by atoms with Gasteiger partial charge in [-0.15, -0.1) is 10.2 Å². The van der Waals surface area contributed by atoms with Crippen LogP contribution in [0.25, 0.3) is 0 Å². The van der Waals surface area contributed by atoms with Gasteiger partial charge in [0.05, 0.1) is 0 Å². The molecule has 0 aliphatic carbocycles. The molecule has 0 spiro atoms. The molecule has 2 rings (SSSR count). The molecule has 2 aromatic rings. The van der Waals surface area contributed by atoms with Crippen LogP contribution in [-0.2, 0) is 4.79 Å². The van der Waals surface area contributed by atoms with Gasteiger partial charge in [0.1, 0.15) is 5.75 Å². The van der Waals surface area contributed by atoms with Crippen LogP contribution in [0.2, 0.25) is 5.02 Å². The number of benzene rings is 1. The van der Waals surface area contributed by atoms with Crippen molar-refractivity contribution in [1.82, 2.24) is 10.2 Å². The lowest BCUT2D eigenvalue weighted by molar-refractivity contribution is -0.118. The molecule has 0 aliphatic rings. The van der Waals surface area contributed by atoms with Gasteiger partial charge in [0.25, 0.3) is 5.91 Å². The summed E-state index contributed by atoms with van der Waals surface area (Å²) in [5, 5.41) is 11.6. The predicted octanol–water partition coefficient (Wildman–Crippen LogP) is 3.55. The van der Waals surface area contributed by atoms with E-state index >= 15 is 0 Å². The number of ether oxygens (including phenoxy) is 1. The van der Waals surface area contributed by atoms with Gasteiger partial charge >= 0.3 is 0 Å². The first-order valence-electron chi connectivity index (χ1n) is 6.06. The number of halogens is 1. The third-order valence-electron chi connectivity index (χ3n) is 2.61. The molecule has 112 valence electrons. The molecule has 0 saturated carbocycles. The largest absolute Gasteiger partial charge is 0.484 e. The molecular formula is C13H14ClN3O2S2. The van der Waals surface area contributed by atoms with Crippen LogP contribution in [0.1, 0.15) is 11.1 Å². The van der Waals surface area contributed by atoms with Crippen molar-refractivity contribution in [2.24, 2.45) is 0 Å². The summed E-state index contributed by atoms with van der Waals surface area (Å²) in [6, 6.07) is 3.61. The summed E-state index contributed by atoms with van der Waals surface area (Å²) in [6.45, 7) is 3.70. The number of nitrogens with zero attached hydrogens (tertiary/aromatic N) is 2. The Morgan fingerprint density at radius 1 is 1.38 bits per heavy atom. The first kappa shape index (κ1) is 16.1. The third-order valence-corrected chi connectivity index (χ3v) is 5.02. The van der Waals surface area contributed by atoms with Gasteiger partial charge in [-0.2, -0.15) is 0 Å². The number of thioether (sulfide) groups is 1. The average molecular weight is 344 g/mol. The predicted molar refractivity (Wildman–Crippen MR) is 86.7 cm³/mol. The lowest BCUT2D eigenvalue weighted by Gasteiger charge is -2.09. The van der Waals surface area contributed by atoms with E-state index in [4.69, 9.17) is 16.3 Å². The summed E-state index contributed by atoms with van der Waals surface area (Å²) >= 11 is 8.89. The molecule has 1 heterocycles. The van der Waals surface area contributed by atoms with E-state index in [1.165, 1.54) is 23.1 Å². The van der Waals surface area contributed by atoms with Crippen molar-refractivity contribution in [1.29, 1.82) is 0 Å². The molecule has 0 radical (unpaired) electrons. The smallest absolute Gasteiger partial charge is 0.264 e. The molecule has 1 aromatic heterocycles. The fraction of sp³-hybridized carbons (Fsp3) is 0.308. The molecule has 0 saturated heterocycles. The first-order valence-corrected chi connectivity index (χ1v) is 8.48. The quantitative estimate of drug-likeness (QED) is 0.664. The Morgan fingerprint density at radius 3 is 2.62 bits per heavy atom. The highest BCUT2D eigenvalue weighted by Gasteiger charge is 2.09. The van der Waals surface area contributed by atoms with Crippen molar-refractivity contribution in [2.75, 3.05) is 18.2 Å². The number of carbonyl (C=O) groups is 1. The Balaban J connectivity index is 1.92. The number of amides is 1. The molecule has 0 atom stereocenters. The Bertz CT molecular complexity index is 638. The molecule has 21 heavy (non-hydrogen) atoms. The number of aromatic nitrogens is 2. The molecule has 8 heteroatoms. The summed E-state index contributed by atoms with van der Waals surface area (Å²) < 4.78 is 6.27. The van der Waals surface area contributed by atoms with Crippen molar-refractivity contribution in [2.45, 2.75) is 18.2 Å². The second-order valence-electron chi connectivity index (χ2n) is 4.29. The highest BCUT2D eigenvalue weighted by Crippen LogP contribution is 2.26. The number of hydrogen-bond acceptors (Lipinski definition) is 6. The molecule has 0 aliphatic heterocycles. The van der Waals surface area contributed by atoms with Crippen LogP contribution in [0.4, 0.5) is 5.13 Å². The maximum atomic E-state index is 11.8. The van der Waals surface area contributed by atoms with E-state index in [0.717, 1.165) is 15.5 Å². The molecular weight excluding hydrogens is 330 g/mol. The van der Waals surface area contributed by atoms with Crippen LogP contribution in [0, 0.1) is 13.8 Å². The first-order chi connectivity index (χ1) is 9.99. The third kappa shape index (κ3) is 4.33. The molecule has 5 nitrogen and oxygen atoms in total. The molecule has 1 N–H and O–H groups in total. The second-order valence-corrected chi connectivity index (χ2v) is 6.69. The lowest BCUT2D eigenvalue weighted by atomic mass is 10.1. The number of aryl methyl sites for hydroxylation is 2. The number of rotatable bonds is 5. The van der Waals surface area contributed by atoms with Crippen molar-refractivity contribution in [3.63, 3.8) is 0 Å². The summed E-state index contributed by atoms with van der Waals surface area (Å²) in [5.41, 5.74) is 1.83. The van der Waals surface area contributed by atoms with Crippen LogP contribution in [-0.4, -0.2) is 29.0 Å². The van der Waals surface area contributed by atoms with Crippen LogP contribution in [0.3, 0.4) is 0 Å². The zero-order valence-corrected chi connectivity index (χ0v) is 14.2. The van der Waals surface area contributed by atoms with E-state index in [2.05, 4.69) is 15.5 Å². The molecule has 0 bridgehead atoms. The zero-order valence-electron chi connectivity index (χ0n) is 11.8. The highest BCUT2D eigenvalue weighted by atomic mass is 35.5. The normalized spacial score (nSPS) is 10.5. The van der Waals surface area contributed by atoms with Crippen LogP contribution < -0.4 is 10.1 Å². The number of carbonyl (C=O) groups excluding carboxylic acids is 1. The van der Waals surface area contributed by atoms with Crippen molar-refractivity contribution >= 4 is 45.7 Å². The van der Waals surface area contributed by atoms with Crippen LogP contribution in [0.5, 0.6) is 5.75 Å². The zero-order chi connectivity index (χ0) is 15.4.